The Morgan fingerprint density at radius 1 is 1.15 bits per heavy atom. The second kappa shape index (κ2) is 6.51. The van der Waals surface area contributed by atoms with Gasteiger partial charge < -0.3 is 14.5 Å². The summed E-state index contributed by atoms with van der Waals surface area (Å²) >= 11 is 0. The lowest BCUT2D eigenvalue weighted by Crippen LogP contribution is -2.09. The number of aromatic amines is 1. The third kappa shape index (κ3) is 3.44. The highest BCUT2D eigenvalue weighted by Crippen LogP contribution is 2.05. The second-order valence-electron chi connectivity index (χ2n) is 3.93. The molecule has 6 nitrogen and oxygen atoms in total. The van der Waals surface area contributed by atoms with Gasteiger partial charge in [-0.1, -0.05) is 30.3 Å². The molecule has 0 radical (unpaired) electrons. The maximum Gasteiger partial charge on any atom is 0.374 e. The van der Waals surface area contributed by atoms with Gasteiger partial charge in [0.2, 0.25) is 5.82 Å². The van der Waals surface area contributed by atoms with Crippen LogP contribution in [0.3, 0.4) is 0 Å². The van der Waals surface area contributed by atoms with Gasteiger partial charge in [0.05, 0.1) is 12.8 Å². The summed E-state index contributed by atoms with van der Waals surface area (Å²) < 4.78 is 9.87. The van der Waals surface area contributed by atoms with Crippen molar-refractivity contribution in [3.8, 4) is 0 Å². The SMILES string of the molecule is CCOC(=O)c1cnc(C(=O)OCc2ccccc2)[nH]1. The summed E-state index contributed by atoms with van der Waals surface area (Å²) in [5, 5.41) is 0. The van der Waals surface area contributed by atoms with Crippen molar-refractivity contribution in [1.82, 2.24) is 9.97 Å². The molecule has 1 N–H and O–H groups in total. The average Bonchev–Trinajstić information content (AvgIpc) is 2.96. The van der Waals surface area contributed by atoms with Crippen molar-refractivity contribution in [3.05, 3.63) is 53.6 Å². The van der Waals surface area contributed by atoms with Crippen molar-refractivity contribution in [2.75, 3.05) is 6.61 Å². The van der Waals surface area contributed by atoms with Crippen molar-refractivity contribution < 1.29 is 19.1 Å². The van der Waals surface area contributed by atoms with Crippen LogP contribution in [0.5, 0.6) is 0 Å². The maximum absolute atomic E-state index is 11.7. The van der Waals surface area contributed by atoms with Gasteiger partial charge in [0.15, 0.2) is 0 Å². The number of carbonyl (C=O) groups excluding carboxylic acids is 2. The van der Waals surface area contributed by atoms with Gasteiger partial charge in [0, 0.05) is 0 Å². The Morgan fingerprint density at radius 3 is 2.60 bits per heavy atom. The first-order valence-electron chi connectivity index (χ1n) is 6.14. The van der Waals surface area contributed by atoms with Crippen molar-refractivity contribution in [2.45, 2.75) is 13.5 Å². The topological polar surface area (TPSA) is 81.3 Å². The molecule has 104 valence electrons. The van der Waals surface area contributed by atoms with Gasteiger partial charge in [-0.05, 0) is 12.5 Å². The van der Waals surface area contributed by atoms with Gasteiger partial charge in [0.25, 0.3) is 0 Å². The van der Waals surface area contributed by atoms with Crippen LogP contribution >= 0.6 is 0 Å². The number of rotatable bonds is 5. The number of hydrogen-bond donors (Lipinski definition) is 1. The first-order valence-corrected chi connectivity index (χ1v) is 6.14. The number of esters is 2. The van der Waals surface area contributed by atoms with Crippen molar-refractivity contribution in [3.63, 3.8) is 0 Å². The number of hydrogen-bond acceptors (Lipinski definition) is 5. The average molecular weight is 274 g/mol. The number of benzene rings is 1. The molecular weight excluding hydrogens is 260 g/mol. The Kier molecular flexibility index (Phi) is 4.49. The van der Waals surface area contributed by atoms with E-state index in [1.807, 2.05) is 30.3 Å². The van der Waals surface area contributed by atoms with E-state index in [0.29, 0.717) is 0 Å². The molecule has 0 saturated carbocycles. The van der Waals surface area contributed by atoms with Gasteiger partial charge in [-0.15, -0.1) is 0 Å². The minimum absolute atomic E-state index is 0.0241. The van der Waals surface area contributed by atoms with E-state index in [4.69, 9.17) is 9.47 Å². The summed E-state index contributed by atoms with van der Waals surface area (Å²) in [7, 11) is 0. The van der Waals surface area contributed by atoms with E-state index in [9.17, 15) is 9.59 Å². The molecule has 1 aromatic heterocycles. The van der Waals surface area contributed by atoms with Crippen LogP contribution in [0.4, 0.5) is 0 Å². The number of nitrogens with one attached hydrogen (secondary N) is 1. The summed E-state index contributed by atoms with van der Waals surface area (Å²) in [5.74, 6) is -1.20. The molecule has 2 aromatic rings. The summed E-state index contributed by atoms with van der Waals surface area (Å²) in [6.45, 7) is 2.10. The molecule has 2 rings (SSSR count). The molecule has 1 heterocycles. The fraction of sp³-hybridized carbons (Fsp3) is 0.214. The van der Waals surface area contributed by atoms with E-state index < -0.39 is 11.9 Å². The molecule has 1 aromatic carbocycles. The number of H-pyrrole nitrogens is 1. The number of carbonyl (C=O) groups is 2. The lowest BCUT2D eigenvalue weighted by molar-refractivity contribution is 0.0459. The molecule has 0 atom stereocenters. The lowest BCUT2D eigenvalue weighted by Gasteiger charge is -2.02. The summed E-state index contributed by atoms with van der Waals surface area (Å²) in [6.07, 6.45) is 1.25. The maximum atomic E-state index is 11.7. The highest BCUT2D eigenvalue weighted by atomic mass is 16.5. The third-order valence-electron chi connectivity index (χ3n) is 2.48. The molecule has 0 bridgehead atoms. The van der Waals surface area contributed by atoms with Crippen LogP contribution in [0.15, 0.2) is 36.5 Å². The fourth-order valence-electron chi connectivity index (χ4n) is 1.53. The van der Waals surface area contributed by atoms with Gasteiger partial charge in [0.1, 0.15) is 12.3 Å². The lowest BCUT2D eigenvalue weighted by atomic mass is 10.2. The number of aromatic nitrogens is 2. The quantitative estimate of drug-likeness (QED) is 0.843. The predicted octanol–water partition coefficient (Wildman–Crippen LogP) is 1.94. The van der Waals surface area contributed by atoms with Crippen LogP contribution in [0.25, 0.3) is 0 Å². The summed E-state index contributed by atoms with van der Waals surface area (Å²) in [6, 6.07) is 9.28. The zero-order chi connectivity index (χ0) is 14.4. The van der Waals surface area contributed by atoms with Gasteiger partial charge in [-0.2, -0.15) is 0 Å². The first kappa shape index (κ1) is 13.8. The van der Waals surface area contributed by atoms with E-state index in [2.05, 4.69) is 9.97 Å². The molecule has 0 fully saturated rings. The molecule has 0 aliphatic heterocycles. The monoisotopic (exact) mass is 274 g/mol. The van der Waals surface area contributed by atoms with E-state index in [1.165, 1.54) is 6.20 Å². The first-order chi connectivity index (χ1) is 9.70. The van der Waals surface area contributed by atoms with E-state index in [0.717, 1.165) is 5.56 Å². The Morgan fingerprint density at radius 2 is 1.90 bits per heavy atom. The van der Waals surface area contributed by atoms with E-state index in [1.54, 1.807) is 6.92 Å². The molecular formula is C14H14N2O4. The van der Waals surface area contributed by atoms with Crippen molar-refractivity contribution >= 4 is 11.9 Å². The van der Waals surface area contributed by atoms with E-state index in [-0.39, 0.29) is 24.7 Å². The van der Waals surface area contributed by atoms with Crippen LogP contribution in [0.1, 0.15) is 33.6 Å². The summed E-state index contributed by atoms with van der Waals surface area (Å²) in [5.41, 5.74) is 0.997. The minimum Gasteiger partial charge on any atom is -0.461 e. The van der Waals surface area contributed by atoms with Crippen LogP contribution in [-0.2, 0) is 16.1 Å². The zero-order valence-corrected chi connectivity index (χ0v) is 11.0. The standard InChI is InChI=1S/C14H14N2O4/c1-2-19-13(17)11-8-15-12(16-11)14(18)20-9-10-6-4-3-5-7-10/h3-8H,2,9H2,1H3,(H,15,16). The number of imidazole rings is 1. The summed E-state index contributed by atoms with van der Waals surface area (Å²) in [4.78, 5) is 29.5. The van der Waals surface area contributed by atoms with Gasteiger partial charge in [-0.25, -0.2) is 14.6 Å². The highest BCUT2D eigenvalue weighted by Gasteiger charge is 2.16. The second-order valence-corrected chi connectivity index (χ2v) is 3.93. The zero-order valence-electron chi connectivity index (χ0n) is 11.0. The minimum atomic E-state index is -0.621. The fourth-order valence-corrected chi connectivity index (χ4v) is 1.53. The van der Waals surface area contributed by atoms with Crippen LogP contribution < -0.4 is 0 Å². The molecule has 0 amide bonds. The molecule has 0 unspecified atom stereocenters. The number of ether oxygens (including phenoxy) is 2. The largest absolute Gasteiger partial charge is 0.461 e. The number of nitrogens with zero attached hydrogens (tertiary/aromatic N) is 1. The van der Waals surface area contributed by atoms with Crippen LogP contribution in [-0.4, -0.2) is 28.5 Å². The van der Waals surface area contributed by atoms with Crippen LogP contribution in [0, 0.1) is 0 Å². The van der Waals surface area contributed by atoms with Gasteiger partial charge >= 0.3 is 11.9 Å². The Balaban J connectivity index is 1.94. The third-order valence-corrected chi connectivity index (χ3v) is 2.48. The van der Waals surface area contributed by atoms with Gasteiger partial charge in [-0.3, -0.25) is 0 Å². The molecule has 0 aliphatic carbocycles. The molecule has 20 heavy (non-hydrogen) atoms. The van der Waals surface area contributed by atoms with E-state index >= 15 is 0 Å². The molecule has 0 aliphatic rings. The normalized spacial score (nSPS) is 10.1. The highest BCUT2D eigenvalue weighted by molar-refractivity contribution is 5.90. The van der Waals surface area contributed by atoms with Crippen LogP contribution in [0.2, 0.25) is 0 Å². The molecule has 0 saturated heterocycles. The smallest absolute Gasteiger partial charge is 0.374 e. The predicted molar refractivity (Wildman–Crippen MR) is 70.1 cm³/mol. The molecule has 6 heteroatoms. The Bertz CT molecular complexity index is 592. The molecule has 0 spiro atoms. The Hall–Kier alpha value is -2.63. The Labute approximate surface area is 115 Å². The van der Waals surface area contributed by atoms with Crippen molar-refractivity contribution in [1.29, 1.82) is 0 Å². The van der Waals surface area contributed by atoms with Crippen molar-refractivity contribution in [2.24, 2.45) is 0 Å².